The highest BCUT2D eigenvalue weighted by Gasteiger charge is 2.50. The molecule has 1 aromatic heterocycles. The average molecular weight is 510 g/mol. The number of hydrogen-bond donors (Lipinski definition) is 2. The third-order valence-corrected chi connectivity index (χ3v) is 5.37. The van der Waals surface area contributed by atoms with Crippen LogP contribution >= 0.6 is 24.0 Å². The molecule has 0 radical (unpaired) electrons. The maximum Gasteiger partial charge on any atom is 0.511 e. The van der Waals surface area contributed by atoms with E-state index < -0.39 is 15.5 Å². The molecule has 0 amide bonds. The molecular formula is C14H22F3IN4O3S. The normalized spacial score (nSPS) is 17.6. The van der Waals surface area contributed by atoms with E-state index in [4.69, 9.17) is 4.42 Å². The molecule has 150 valence electrons. The SMILES string of the molecule is CCNC(=NCc1ccco1)NC1CCN(S(=O)(=O)C(F)(F)F)CC1.I. The van der Waals surface area contributed by atoms with Gasteiger partial charge in [0.1, 0.15) is 12.3 Å². The zero-order chi connectivity index (χ0) is 18.5. The van der Waals surface area contributed by atoms with Gasteiger partial charge in [-0.2, -0.15) is 17.5 Å². The Labute approximate surface area is 167 Å². The van der Waals surface area contributed by atoms with E-state index in [1.807, 2.05) is 6.92 Å². The lowest BCUT2D eigenvalue weighted by molar-refractivity contribution is -0.0494. The van der Waals surface area contributed by atoms with Gasteiger partial charge in [-0.3, -0.25) is 0 Å². The number of halogens is 4. The minimum Gasteiger partial charge on any atom is -0.467 e. The molecule has 1 aromatic rings. The van der Waals surface area contributed by atoms with Gasteiger partial charge in [-0.05, 0) is 31.9 Å². The van der Waals surface area contributed by atoms with E-state index in [9.17, 15) is 21.6 Å². The molecule has 26 heavy (non-hydrogen) atoms. The summed E-state index contributed by atoms with van der Waals surface area (Å²) in [6.45, 7) is 2.46. The fourth-order valence-corrected chi connectivity index (χ4v) is 3.44. The fraction of sp³-hybridized carbons (Fsp3) is 0.643. The van der Waals surface area contributed by atoms with Crippen molar-refractivity contribution in [1.29, 1.82) is 0 Å². The quantitative estimate of drug-likeness (QED) is 0.361. The molecule has 0 spiro atoms. The van der Waals surface area contributed by atoms with Crippen molar-refractivity contribution >= 4 is 40.0 Å². The lowest BCUT2D eigenvalue weighted by Crippen LogP contribution is -2.51. The van der Waals surface area contributed by atoms with Crippen LogP contribution in [-0.2, 0) is 16.6 Å². The lowest BCUT2D eigenvalue weighted by Gasteiger charge is -2.32. The minimum atomic E-state index is -5.26. The maximum atomic E-state index is 12.6. The van der Waals surface area contributed by atoms with Crippen LogP contribution in [0.2, 0.25) is 0 Å². The zero-order valence-electron chi connectivity index (χ0n) is 14.1. The highest BCUT2D eigenvalue weighted by molar-refractivity contribution is 14.0. The summed E-state index contributed by atoms with van der Waals surface area (Å²) in [6.07, 6.45) is 2.07. The van der Waals surface area contributed by atoms with Crippen LogP contribution in [-0.4, -0.2) is 49.9 Å². The van der Waals surface area contributed by atoms with Crippen LogP contribution in [0.3, 0.4) is 0 Å². The topological polar surface area (TPSA) is 86.9 Å². The molecule has 2 N–H and O–H groups in total. The molecule has 0 atom stereocenters. The molecule has 1 saturated heterocycles. The molecule has 12 heteroatoms. The Morgan fingerprint density at radius 3 is 2.54 bits per heavy atom. The van der Waals surface area contributed by atoms with Crippen molar-refractivity contribution in [2.75, 3.05) is 19.6 Å². The molecule has 0 aliphatic carbocycles. The van der Waals surface area contributed by atoms with Gasteiger partial charge in [0.25, 0.3) is 0 Å². The third kappa shape index (κ3) is 6.01. The van der Waals surface area contributed by atoms with Gasteiger partial charge in [-0.1, -0.05) is 0 Å². The van der Waals surface area contributed by atoms with Crippen LogP contribution in [0, 0.1) is 0 Å². The number of alkyl halides is 3. The van der Waals surface area contributed by atoms with Gasteiger partial charge in [0, 0.05) is 25.7 Å². The number of piperidine rings is 1. The molecule has 0 aromatic carbocycles. The van der Waals surface area contributed by atoms with Gasteiger partial charge in [0.2, 0.25) is 0 Å². The van der Waals surface area contributed by atoms with Gasteiger partial charge < -0.3 is 15.1 Å². The first kappa shape index (κ1) is 23.0. The molecule has 0 saturated carbocycles. The first-order chi connectivity index (χ1) is 11.7. The first-order valence-corrected chi connectivity index (χ1v) is 9.31. The van der Waals surface area contributed by atoms with E-state index >= 15 is 0 Å². The Morgan fingerprint density at radius 1 is 1.38 bits per heavy atom. The van der Waals surface area contributed by atoms with Gasteiger partial charge >= 0.3 is 15.5 Å². The molecule has 7 nitrogen and oxygen atoms in total. The Hall–Kier alpha value is -1.02. The number of guanidine groups is 1. The first-order valence-electron chi connectivity index (χ1n) is 7.87. The van der Waals surface area contributed by atoms with E-state index in [2.05, 4.69) is 15.6 Å². The minimum absolute atomic E-state index is 0. The second kappa shape index (κ2) is 9.78. The Kier molecular flexibility index (Phi) is 8.66. The third-order valence-electron chi connectivity index (χ3n) is 3.74. The number of hydrogen-bond acceptors (Lipinski definition) is 4. The summed E-state index contributed by atoms with van der Waals surface area (Å²) in [5.41, 5.74) is -5.26. The predicted molar refractivity (Wildman–Crippen MR) is 102 cm³/mol. The summed E-state index contributed by atoms with van der Waals surface area (Å²) in [5.74, 6) is 1.19. The second-order valence-electron chi connectivity index (χ2n) is 5.54. The van der Waals surface area contributed by atoms with Crippen LogP contribution < -0.4 is 10.6 Å². The van der Waals surface area contributed by atoms with Crippen LogP contribution in [0.25, 0.3) is 0 Å². The number of aliphatic imine (C=N–C) groups is 1. The monoisotopic (exact) mass is 510 g/mol. The van der Waals surface area contributed by atoms with Crippen molar-refractivity contribution < 1.29 is 26.0 Å². The number of nitrogens with zero attached hydrogens (tertiary/aromatic N) is 2. The molecule has 1 aliphatic heterocycles. The molecule has 2 heterocycles. The highest BCUT2D eigenvalue weighted by atomic mass is 127. The van der Waals surface area contributed by atoms with Crippen molar-refractivity contribution in [3.05, 3.63) is 24.2 Å². The van der Waals surface area contributed by atoms with Crippen LogP contribution in [0.5, 0.6) is 0 Å². The predicted octanol–water partition coefficient (Wildman–Crippen LogP) is 2.27. The summed E-state index contributed by atoms with van der Waals surface area (Å²) in [7, 11) is -5.25. The average Bonchev–Trinajstić information content (AvgIpc) is 3.06. The van der Waals surface area contributed by atoms with Gasteiger partial charge in [-0.25, -0.2) is 13.4 Å². The molecule has 0 bridgehead atoms. The van der Waals surface area contributed by atoms with Crippen LogP contribution in [0.1, 0.15) is 25.5 Å². The summed E-state index contributed by atoms with van der Waals surface area (Å²) >= 11 is 0. The summed E-state index contributed by atoms with van der Waals surface area (Å²) < 4.78 is 66.2. The molecule has 1 aliphatic rings. The number of rotatable bonds is 5. The second-order valence-corrected chi connectivity index (χ2v) is 7.47. The van der Waals surface area contributed by atoms with E-state index in [0.717, 1.165) is 0 Å². The molecule has 2 rings (SSSR count). The summed E-state index contributed by atoms with van der Waals surface area (Å²) in [5, 5.41) is 6.17. The largest absolute Gasteiger partial charge is 0.511 e. The van der Waals surface area contributed by atoms with E-state index in [1.165, 1.54) is 0 Å². The van der Waals surface area contributed by atoms with Crippen molar-refractivity contribution in [2.45, 2.75) is 37.9 Å². The van der Waals surface area contributed by atoms with Crippen molar-refractivity contribution in [2.24, 2.45) is 4.99 Å². The molecule has 0 unspecified atom stereocenters. The Bertz CT molecular complexity index is 672. The standard InChI is InChI=1S/C14H21F3N4O3S.HI/c1-2-18-13(19-10-12-4-3-9-24-12)20-11-5-7-21(8-6-11)25(22,23)14(15,16)17;/h3-4,9,11H,2,5-8,10H2,1H3,(H2,18,19,20);1H. The summed E-state index contributed by atoms with van der Waals surface area (Å²) in [4.78, 5) is 4.35. The number of sulfonamides is 1. The number of nitrogens with one attached hydrogen (secondary N) is 2. The maximum absolute atomic E-state index is 12.6. The number of furan rings is 1. The van der Waals surface area contributed by atoms with Gasteiger partial charge in [0.15, 0.2) is 5.96 Å². The fourth-order valence-electron chi connectivity index (χ4n) is 2.46. The zero-order valence-corrected chi connectivity index (χ0v) is 17.3. The Morgan fingerprint density at radius 2 is 2.04 bits per heavy atom. The summed E-state index contributed by atoms with van der Waals surface area (Å²) in [6, 6.07) is 3.38. The van der Waals surface area contributed by atoms with Crippen LogP contribution in [0.15, 0.2) is 27.8 Å². The molecule has 1 fully saturated rings. The van der Waals surface area contributed by atoms with Crippen molar-refractivity contribution in [3.8, 4) is 0 Å². The van der Waals surface area contributed by atoms with E-state index in [1.54, 1.807) is 18.4 Å². The van der Waals surface area contributed by atoms with Crippen molar-refractivity contribution in [3.63, 3.8) is 0 Å². The molecular weight excluding hydrogens is 488 g/mol. The van der Waals surface area contributed by atoms with E-state index in [-0.39, 0.29) is 55.9 Å². The van der Waals surface area contributed by atoms with Crippen molar-refractivity contribution in [1.82, 2.24) is 14.9 Å². The van der Waals surface area contributed by atoms with Gasteiger partial charge in [-0.15, -0.1) is 24.0 Å². The lowest BCUT2D eigenvalue weighted by atomic mass is 10.1. The smallest absolute Gasteiger partial charge is 0.467 e. The van der Waals surface area contributed by atoms with E-state index in [0.29, 0.717) is 29.1 Å². The van der Waals surface area contributed by atoms with Gasteiger partial charge in [0.05, 0.1) is 6.26 Å². The Balaban J connectivity index is 0.00000338. The van der Waals surface area contributed by atoms with Crippen LogP contribution in [0.4, 0.5) is 13.2 Å². The highest BCUT2D eigenvalue weighted by Crippen LogP contribution is 2.28.